The van der Waals surface area contributed by atoms with Gasteiger partial charge in [0, 0.05) is 5.69 Å². The molecule has 2 aliphatic carbocycles. The fourth-order valence-electron chi connectivity index (χ4n) is 6.16. The molecule has 1 heteroatoms. The van der Waals surface area contributed by atoms with Gasteiger partial charge in [-0.25, -0.2) is 0 Å². The topological polar surface area (TPSA) is 26.0 Å². The van der Waals surface area contributed by atoms with E-state index in [4.69, 9.17) is 5.73 Å². The molecular formula is C30H43N. The van der Waals surface area contributed by atoms with Gasteiger partial charge in [-0.15, -0.1) is 0 Å². The third kappa shape index (κ3) is 6.37. The molecule has 0 aliphatic heterocycles. The number of anilines is 1. The van der Waals surface area contributed by atoms with Crippen molar-refractivity contribution in [2.75, 3.05) is 5.73 Å². The summed E-state index contributed by atoms with van der Waals surface area (Å²) >= 11 is 0. The van der Waals surface area contributed by atoms with Crippen molar-refractivity contribution in [1.82, 2.24) is 0 Å². The van der Waals surface area contributed by atoms with Crippen LogP contribution in [0.4, 0.5) is 5.69 Å². The van der Waals surface area contributed by atoms with Crippen LogP contribution in [0, 0.1) is 11.8 Å². The molecule has 0 radical (unpaired) electrons. The molecule has 0 saturated heterocycles. The van der Waals surface area contributed by atoms with Gasteiger partial charge in [0.25, 0.3) is 0 Å². The van der Waals surface area contributed by atoms with Crippen molar-refractivity contribution in [1.29, 1.82) is 0 Å². The van der Waals surface area contributed by atoms with E-state index in [-0.39, 0.29) is 0 Å². The van der Waals surface area contributed by atoms with E-state index in [2.05, 4.69) is 55.5 Å². The van der Waals surface area contributed by atoms with Gasteiger partial charge in [-0.2, -0.15) is 0 Å². The van der Waals surface area contributed by atoms with Crippen LogP contribution >= 0.6 is 0 Å². The molecule has 0 amide bonds. The number of nitrogens with two attached hydrogens (primary N) is 1. The minimum Gasteiger partial charge on any atom is -0.399 e. The second-order valence-electron chi connectivity index (χ2n) is 10.5. The first kappa shape index (κ1) is 22.4. The molecule has 4 rings (SSSR count). The Morgan fingerprint density at radius 3 is 1.65 bits per heavy atom. The van der Waals surface area contributed by atoms with E-state index in [1.807, 2.05) is 0 Å². The van der Waals surface area contributed by atoms with E-state index in [9.17, 15) is 0 Å². The van der Waals surface area contributed by atoms with Crippen molar-refractivity contribution in [3.8, 4) is 0 Å². The van der Waals surface area contributed by atoms with Gasteiger partial charge in [-0.1, -0.05) is 62.6 Å². The minimum atomic E-state index is 0.744. The second-order valence-corrected chi connectivity index (χ2v) is 10.5. The average molecular weight is 418 g/mol. The fraction of sp³-hybridized carbons (Fsp3) is 0.600. The summed E-state index contributed by atoms with van der Waals surface area (Å²) in [6.45, 7) is 2.32. The summed E-state index contributed by atoms with van der Waals surface area (Å²) in [4.78, 5) is 0. The highest BCUT2D eigenvalue weighted by atomic mass is 14.5. The molecule has 2 fully saturated rings. The van der Waals surface area contributed by atoms with Gasteiger partial charge in [0.05, 0.1) is 0 Å². The maximum atomic E-state index is 5.85. The molecule has 2 aromatic carbocycles. The largest absolute Gasteiger partial charge is 0.399 e. The van der Waals surface area contributed by atoms with Crippen LogP contribution in [0.15, 0.2) is 48.5 Å². The van der Waals surface area contributed by atoms with Crippen molar-refractivity contribution < 1.29 is 0 Å². The SMILES string of the molecule is CCCCC1CCC(c2ccc(CCC3CCC(c4ccc(N)cc4)CC3)cc2)CC1. The molecular weight excluding hydrogens is 374 g/mol. The molecule has 0 aromatic heterocycles. The zero-order chi connectivity index (χ0) is 21.5. The van der Waals surface area contributed by atoms with Crippen LogP contribution in [-0.4, -0.2) is 0 Å². The smallest absolute Gasteiger partial charge is 0.0314 e. The quantitative estimate of drug-likeness (QED) is 0.427. The molecule has 2 aromatic rings. The summed E-state index contributed by atoms with van der Waals surface area (Å²) in [7, 11) is 0. The highest BCUT2D eigenvalue weighted by Crippen LogP contribution is 2.39. The van der Waals surface area contributed by atoms with E-state index in [1.54, 1.807) is 11.1 Å². The van der Waals surface area contributed by atoms with Gasteiger partial charge >= 0.3 is 0 Å². The Hall–Kier alpha value is -1.76. The molecule has 0 bridgehead atoms. The van der Waals surface area contributed by atoms with E-state index in [0.717, 1.165) is 29.4 Å². The second kappa shape index (κ2) is 11.2. The summed E-state index contributed by atoms with van der Waals surface area (Å²) in [6, 6.07) is 18.3. The molecule has 168 valence electrons. The highest BCUT2D eigenvalue weighted by molar-refractivity contribution is 5.40. The van der Waals surface area contributed by atoms with Crippen LogP contribution in [0.3, 0.4) is 0 Å². The number of hydrogen-bond acceptors (Lipinski definition) is 1. The zero-order valence-corrected chi connectivity index (χ0v) is 19.7. The summed E-state index contributed by atoms with van der Waals surface area (Å²) in [5, 5.41) is 0. The summed E-state index contributed by atoms with van der Waals surface area (Å²) in [5.74, 6) is 3.47. The predicted octanol–water partition coefficient (Wildman–Crippen LogP) is 8.64. The molecule has 2 aliphatic rings. The van der Waals surface area contributed by atoms with Crippen molar-refractivity contribution in [2.45, 2.75) is 102 Å². The van der Waals surface area contributed by atoms with E-state index in [0.29, 0.717) is 0 Å². The van der Waals surface area contributed by atoms with Crippen LogP contribution in [0.5, 0.6) is 0 Å². The molecule has 31 heavy (non-hydrogen) atoms. The molecule has 0 spiro atoms. The van der Waals surface area contributed by atoms with Crippen molar-refractivity contribution in [3.63, 3.8) is 0 Å². The van der Waals surface area contributed by atoms with Gasteiger partial charge in [0.15, 0.2) is 0 Å². The Bertz CT molecular complexity index is 759. The van der Waals surface area contributed by atoms with Gasteiger partial charge in [0.1, 0.15) is 0 Å². The van der Waals surface area contributed by atoms with Crippen LogP contribution in [0.1, 0.15) is 112 Å². The van der Waals surface area contributed by atoms with Crippen molar-refractivity contribution in [2.24, 2.45) is 11.8 Å². The summed E-state index contributed by atoms with van der Waals surface area (Å²) < 4.78 is 0. The molecule has 0 unspecified atom stereocenters. The van der Waals surface area contributed by atoms with E-state index >= 15 is 0 Å². The number of rotatable bonds is 8. The Morgan fingerprint density at radius 1 is 0.645 bits per heavy atom. The third-order valence-corrected chi connectivity index (χ3v) is 8.36. The molecule has 0 heterocycles. The standard InChI is InChI=1S/C30H43N/c1-2-3-4-23-7-13-26(14-8-23)27-15-9-24(10-16-27)5-6-25-11-17-28(18-12-25)29-19-21-30(31)22-20-29/h9-10,15-16,19-23,25-26,28H,2-8,11-14,17-18,31H2,1H3. The lowest BCUT2D eigenvalue weighted by molar-refractivity contribution is 0.304. The first-order valence-corrected chi connectivity index (χ1v) is 13.2. The maximum Gasteiger partial charge on any atom is 0.0314 e. The Balaban J connectivity index is 1.18. The van der Waals surface area contributed by atoms with E-state index < -0.39 is 0 Å². The molecule has 2 saturated carbocycles. The van der Waals surface area contributed by atoms with E-state index in [1.165, 1.54) is 89.0 Å². The normalized spacial score (nSPS) is 26.6. The number of benzene rings is 2. The number of hydrogen-bond donors (Lipinski definition) is 1. The van der Waals surface area contributed by atoms with Crippen molar-refractivity contribution >= 4 is 5.69 Å². The highest BCUT2D eigenvalue weighted by Gasteiger charge is 2.23. The lowest BCUT2D eigenvalue weighted by Gasteiger charge is -2.29. The summed E-state index contributed by atoms with van der Waals surface area (Å²) in [5.41, 5.74) is 11.4. The average Bonchev–Trinajstić information content (AvgIpc) is 2.83. The van der Waals surface area contributed by atoms with Gasteiger partial charge < -0.3 is 5.73 Å². The number of aryl methyl sites for hydroxylation is 1. The zero-order valence-electron chi connectivity index (χ0n) is 19.7. The first-order chi connectivity index (χ1) is 15.2. The molecule has 0 atom stereocenters. The van der Waals surface area contributed by atoms with Crippen LogP contribution in [0.2, 0.25) is 0 Å². The monoisotopic (exact) mass is 417 g/mol. The Kier molecular flexibility index (Phi) is 8.11. The van der Waals surface area contributed by atoms with Crippen LogP contribution in [0.25, 0.3) is 0 Å². The molecule has 1 nitrogen and oxygen atoms in total. The van der Waals surface area contributed by atoms with Gasteiger partial charge in [-0.05, 0) is 117 Å². The lowest BCUT2D eigenvalue weighted by Crippen LogP contribution is -2.14. The van der Waals surface area contributed by atoms with Gasteiger partial charge in [0.2, 0.25) is 0 Å². The molecule has 2 N–H and O–H groups in total. The predicted molar refractivity (Wildman–Crippen MR) is 135 cm³/mol. The Morgan fingerprint density at radius 2 is 1.13 bits per heavy atom. The van der Waals surface area contributed by atoms with Crippen LogP contribution < -0.4 is 5.73 Å². The third-order valence-electron chi connectivity index (χ3n) is 8.36. The maximum absolute atomic E-state index is 5.85. The number of unbranched alkanes of at least 4 members (excludes halogenated alkanes) is 1. The minimum absolute atomic E-state index is 0.744. The Labute approximate surface area is 190 Å². The first-order valence-electron chi connectivity index (χ1n) is 13.2. The van der Waals surface area contributed by atoms with Crippen molar-refractivity contribution in [3.05, 3.63) is 65.2 Å². The lowest BCUT2D eigenvalue weighted by atomic mass is 9.76. The van der Waals surface area contributed by atoms with Crippen LogP contribution in [-0.2, 0) is 6.42 Å². The van der Waals surface area contributed by atoms with Gasteiger partial charge in [-0.3, -0.25) is 0 Å². The summed E-state index contributed by atoms with van der Waals surface area (Å²) in [6.07, 6.45) is 18.0. The number of nitrogen functional groups attached to an aromatic ring is 1. The fourth-order valence-corrected chi connectivity index (χ4v) is 6.16.